The third kappa shape index (κ3) is 5.20. The van der Waals surface area contributed by atoms with Crippen LogP contribution in [-0.2, 0) is 6.18 Å². The van der Waals surface area contributed by atoms with Crippen LogP contribution in [0.2, 0.25) is 0 Å². The Balaban J connectivity index is 1.81. The number of ether oxygens (including phenoxy) is 1. The number of benzene rings is 1. The highest BCUT2D eigenvalue weighted by atomic mass is 19.4. The molecule has 0 unspecified atom stereocenters. The van der Waals surface area contributed by atoms with Gasteiger partial charge in [-0.25, -0.2) is 4.98 Å². The van der Waals surface area contributed by atoms with Gasteiger partial charge in [-0.1, -0.05) is 6.07 Å². The number of carbonyl (C=O) groups excluding carboxylic acids is 1. The number of aliphatic hydroxyl groups is 1. The molecule has 128 valence electrons. The number of nitrogens with one attached hydrogen (secondary N) is 1. The highest BCUT2D eigenvalue weighted by Crippen LogP contribution is 2.31. The summed E-state index contributed by atoms with van der Waals surface area (Å²) in [6.45, 7) is -0.420. The SMILES string of the molecule is O=C(NC[C@@H](O)COc1cccc(C(F)(F)F)c1)c1cnccn1. The second-order valence-corrected chi connectivity index (χ2v) is 4.79. The topological polar surface area (TPSA) is 84.3 Å². The molecule has 1 aromatic carbocycles. The molecule has 1 amide bonds. The van der Waals surface area contributed by atoms with Crippen molar-refractivity contribution >= 4 is 5.91 Å². The highest BCUT2D eigenvalue weighted by molar-refractivity contribution is 5.91. The molecular weight excluding hydrogens is 327 g/mol. The number of hydrogen-bond donors (Lipinski definition) is 2. The van der Waals surface area contributed by atoms with Gasteiger partial charge in [-0.05, 0) is 18.2 Å². The molecule has 1 heterocycles. The fraction of sp³-hybridized carbons (Fsp3) is 0.267. The van der Waals surface area contributed by atoms with E-state index in [-0.39, 0.29) is 24.6 Å². The lowest BCUT2D eigenvalue weighted by Gasteiger charge is -2.14. The second-order valence-electron chi connectivity index (χ2n) is 4.79. The van der Waals surface area contributed by atoms with E-state index in [9.17, 15) is 23.1 Å². The predicted octanol–water partition coefficient (Wildman–Crippen LogP) is 1.67. The smallest absolute Gasteiger partial charge is 0.416 e. The zero-order valence-electron chi connectivity index (χ0n) is 12.3. The van der Waals surface area contributed by atoms with Crippen molar-refractivity contribution in [3.05, 3.63) is 54.1 Å². The van der Waals surface area contributed by atoms with E-state index in [4.69, 9.17) is 4.74 Å². The number of aromatic nitrogens is 2. The number of amides is 1. The van der Waals surface area contributed by atoms with Gasteiger partial charge in [0.1, 0.15) is 24.2 Å². The molecule has 0 aliphatic heterocycles. The van der Waals surface area contributed by atoms with Gasteiger partial charge >= 0.3 is 6.18 Å². The van der Waals surface area contributed by atoms with E-state index in [0.717, 1.165) is 12.1 Å². The van der Waals surface area contributed by atoms with Crippen molar-refractivity contribution in [1.82, 2.24) is 15.3 Å². The van der Waals surface area contributed by atoms with E-state index in [2.05, 4.69) is 15.3 Å². The molecule has 0 saturated heterocycles. The van der Waals surface area contributed by atoms with Gasteiger partial charge in [-0.3, -0.25) is 9.78 Å². The van der Waals surface area contributed by atoms with Crippen LogP contribution in [0.3, 0.4) is 0 Å². The zero-order valence-corrected chi connectivity index (χ0v) is 12.3. The van der Waals surface area contributed by atoms with Crippen LogP contribution in [-0.4, -0.2) is 40.2 Å². The number of alkyl halides is 3. The minimum Gasteiger partial charge on any atom is -0.491 e. The summed E-state index contributed by atoms with van der Waals surface area (Å²) < 4.78 is 42.8. The molecule has 0 bridgehead atoms. The summed E-state index contributed by atoms with van der Waals surface area (Å²) in [6.07, 6.45) is -1.54. The van der Waals surface area contributed by atoms with Crippen LogP contribution in [0.5, 0.6) is 5.75 Å². The maximum atomic E-state index is 12.6. The van der Waals surface area contributed by atoms with E-state index in [1.54, 1.807) is 0 Å². The fourth-order valence-corrected chi connectivity index (χ4v) is 1.73. The Morgan fingerprint density at radius 3 is 2.79 bits per heavy atom. The Hall–Kier alpha value is -2.68. The predicted molar refractivity (Wildman–Crippen MR) is 77.3 cm³/mol. The quantitative estimate of drug-likeness (QED) is 0.835. The van der Waals surface area contributed by atoms with E-state index in [1.807, 2.05) is 0 Å². The van der Waals surface area contributed by atoms with E-state index in [1.165, 1.54) is 30.7 Å². The number of aliphatic hydroxyl groups excluding tert-OH is 1. The van der Waals surface area contributed by atoms with Crippen molar-refractivity contribution in [2.45, 2.75) is 12.3 Å². The average molecular weight is 341 g/mol. The maximum absolute atomic E-state index is 12.6. The van der Waals surface area contributed by atoms with Crippen molar-refractivity contribution in [3.63, 3.8) is 0 Å². The van der Waals surface area contributed by atoms with Gasteiger partial charge in [0.25, 0.3) is 5.91 Å². The fourth-order valence-electron chi connectivity index (χ4n) is 1.73. The molecule has 0 aliphatic carbocycles. The molecule has 1 atom stereocenters. The average Bonchev–Trinajstić information content (AvgIpc) is 2.58. The molecule has 2 rings (SSSR count). The van der Waals surface area contributed by atoms with Gasteiger partial charge in [0.05, 0.1) is 11.8 Å². The summed E-state index contributed by atoms with van der Waals surface area (Å²) in [4.78, 5) is 19.2. The van der Waals surface area contributed by atoms with Crippen molar-refractivity contribution in [3.8, 4) is 5.75 Å². The zero-order chi connectivity index (χ0) is 17.6. The molecule has 0 spiro atoms. The summed E-state index contributed by atoms with van der Waals surface area (Å²) >= 11 is 0. The normalized spacial score (nSPS) is 12.5. The molecule has 2 N–H and O–H groups in total. The number of halogens is 3. The number of nitrogens with zero attached hydrogens (tertiary/aromatic N) is 2. The van der Waals surface area contributed by atoms with Crippen molar-refractivity contribution < 1.29 is 27.8 Å². The van der Waals surface area contributed by atoms with Crippen LogP contribution in [0.25, 0.3) is 0 Å². The van der Waals surface area contributed by atoms with Crippen LogP contribution in [0.4, 0.5) is 13.2 Å². The Morgan fingerprint density at radius 1 is 1.33 bits per heavy atom. The van der Waals surface area contributed by atoms with Crippen LogP contribution in [0, 0.1) is 0 Å². The standard InChI is InChI=1S/C15H14F3N3O3/c16-15(17,18)10-2-1-3-12(6-10)24-9-11(22)7-21-14(23)13-8-19-4-5-20-13/h1-6,8,11,22H,7,9H2,(H,21,23)/t11-/m1/s1. The summed E-state index contributed by atoms with van der Waals surface area (Å²) in [5.41, 5.74) is -0.756. The lowest BCUT2D eigenvalue weighted by Crippen LogP contribution is -2.35. The monoisotopic (exact) mass is 341 g/mol. The summed E-state index contributed by atoms with van der Waals surface area (Å²) in [6, 6.07) is 4.32. The van der Waals surface area contributed by atoms with Crippen LogP contribution < -0.4 is 10.1 Å². The third-order valence-electron chi connectivity index (χ3n) is 2.90. The highest BCUT2D eigenvalue weighted by Gasteiger charge is 2.30. The summed E-state index contributed by atoms with van der Waals surface area (Å²) in [5.74, 6) is -0.551. The second kappa shape index (κ2) is 7.73. The van der Waals surface area contributed by atoms with Crippen molar-refractivity contribution in [2.75, 3.05) is 13.2 Å². The first-order valence-corrected chi connectivity index (χ1v) is 6.88. The lowest BCUT2D eigenvalue weighted by atomic mass is 10.2. The summed E-state index contributed by atoms with van der Waals surface area (Å²) in [7, 11) is 0. The molecular formula is C15H14F3N3O3. The van der Waals surface area contributed by atoms with Crippen molar-refractivity contribution in [2.24, 2.45) is 0 Å². The lowest BCUT2D eigenvalue weighted by molar-refractivity contribution is -0.137. The van der Waals surface area contributed by atoms with Gasteiger partial charge in [-0.15, -0.1) is 0 Å². The largest absolute Gasteiger partial charge is 0.491 e. The molecule has 0 aliphatic rings. The Kier molecular flexibility index (Phi) is 5.69. The molecule has 0 radical (unpaired) electrons. The van der Waals surface area contributed by atoms with E-state index >= 15 is 0 Å². The molecule has 2 aromatic rings. The number of rotatable bonds is 6. The number of carbonyl (C=O) groups is 1. The maximum Gasteiger partial charge on any atom is 0.416 e. The first kappa shape index (κ1) is 17.7. The minimum absolute atomic E-state index is 0.0240. The third-order valence-corrected chi connectivity index (χ3v) is 2.90. The Bertz CT molecular complexity index is 680. The minimum atomic E-state index is -4.47. The van der Waals surface area contributed by atoms with Crippen LogP contribution in [0.1, 0.15) is 16.1 Å². The Labute approximate surface area is 135 Å². The first-order chi connectivity index (χ1) is 11.4. The molecule has 6 nitrogen and oxygen atoms in total. The molecule has 0 fully saturated rings. The molecule has 1 aromatic heterocycles. The summed E-state index contributed by atoms with van der Waals surface area (Å²) in [5, 5.41) is 12.2. The van der Waals surface area contributed by atoms with Crippen LogP contribution >= 0.6 is 0 Å². The molecule has 0 saturated carbocycles. The van der Waals surface area contributed by atoms with Crippen LogP contribution in [0.15, 0.2) is 42.9 Å². The van der Waals surface area contributed by atoms with Gasteiger partial charge in [0.2, 0.25) is 0 Å². The van der Waals surface area contributed by atoms with E-state index < -0.39 is 23.8 Å². The number of hydrogen-bond acceptors (Lipinski definition) is 5. The molecule has 24 heavy (non-hydrogen) atoms. The van der Waals surface area contributed by atoms with Gasteiger partial charge in [0, 0.05) is 18.9 Å². The van der Waals surface area contributed by atoms with Crippen molar-refractivity contribution in [1.29, 1.82) is 0 Å². The van der Waals surface area contributed by atoms with Gasteiger partial charge < -0.3 is 15.2 Å². The molecule has 9 heteroatoms. The van der Waals surface area contributed by atoms with Gasteiger partial charge in [-0.2, -0.15) is 13.2 Å². The van der Waals surface area contributed by atoms with Gasteiger partial charge in [0.15, 0.2) is 0 Å². The van der Waals surface area contributed by atoms with E-state index in [0.29, 0.717) is 0 Å². The Morgan fingerprint density at radius 2 is 2.12 bits per heavy atom. The first-order valence-electron chi connectivity index (χ1n) is 6.88.